The van der Waals surface area contributed by atoms with E-state index in [4.69, 9.17) is 5.11 Å². The van der Waals surface area contributed by atoms with Crippen molar-refractivity contribution >= 4 is 53.2 Å². The zero-order valence-corrected chi connectivity index (χ0v) is 36.5. The molecule has 0 aliphatic carbocycles. The Kier molecular flexibility index (Phi) is 20.6. The van der Waals surface area contributed by atoms with Crippen LogP contribution in [0, 0.1) is 17.0 Å². The van der Waals surface area contributed by atoms with Crippen LogP contribution < -0.4 is 21.3 Å². The lowest BCUT2D eigenvalue weighted by atomic mass is 9.83. The molecule has 0 bridgehead atoms. The van der Waals surface area contributed by atoms with E-state index < -0.39 is 77.7 Å². The molecular formula is C44H58F2N6O9S. The van der Waals surface area contributed by atoms with E-state index in [9.17, 15) is 43.1 Å². The molecule has 18 heteroatoms. The van der Waals surface area contributed by atoms with Gasteiger partial charge in [0.05, 0.1) is 24.8 Å². The van der Waals surface area contributed by atoms with Gasteiger partial charge in [0.1, 0.15) is 17.7 Å². The van der Waals surface area contributed by atoms with E-state index in [0.29, 0.717) is 25.1 Å². The highest BCUT2D eigenvalue weighted by molar-refractivity contribution is 7.99. The van der Waals surface area contributed by atoms with E-state index in [2.05, 4.69) is 21.3 Å². The van der Waals surface area contributed by atoms with Crippen molar-refractivity contribution in [2.45, 2.75) is 91.3 Å². The normalized spacial score (nSPS) is 12.2. The fourth-order valence-corrected chi connectivity index (χ4v) is 7.42. The van der Waals surface area contributed by atoms with Crippen LogP contribution in [-0.2, 0) is 40.1 Å². The average Bonchev–Trinajstić information content (AvgIpc) is 3.62. The summed E-state index contributed by atoms with van der Waals surface area (Å²) in [5, 5.41) is 27.7. The number of nitrogens with zero attached hydrogens (tertiary/aromatic N) is 2. The molecule has 15 nitrogen and oxygen atoms in total. The molecule has 1 aromatic heterocycles. The number of benzene rings is 2. The number of unbranched alkanes of at least 4 members (excludes halogenated alkanes) is 1. The first-order valence-electron chi connectivity index (χ1n) is 20.5. The standard InChI is InChI=1S/C44H58F2N6O9S/c1-5-6-21-52(42(44(2,3)4)35-23-30(32-24-31(45)12-13-33(32)46)27-51(35)26-29-10-8-7-9-11-29)39(56)28-62-22-18-37(54)50-34(14-16-40(57)58)43(61)48-20-19-47-38(55)25-49-36(53)15-17-41(59)60/h7-13,23-24,27,34,42H,5-6,14-22,25-26,28H2,1-4H3,(H,47,55)(H,48,61)(H,49,53)(H,50,54)(H,57,58)(H,59,60)/t34-,42-/m0/s1. The fourth-order valence-electron chi connectivity index (χ4n) is 6.61. The summed E-state index contributed by atoms with van der Waals surface area (Å²) in [7, 11) is 0. The molecule has 2 aromatic carbocycles. The van der Waals surface area contributed by atoms with E-state index >= 15 is 4.39 Å². The van der Waals surface area contributed by atoms with Crippen LogP contribution in [0.1, 0.15) is 89.9 Å². The van der Waals surface area contributed by atoms with E-state index in [1.165, 1.54) is 11.8 Å². The third-order valence-corrected chi connectivity index (χ3v) is 10.6. The van der Waals surface area contributed by atoms with Gasteiger partial charge >= 0.3 is 11.9 Å². The summed E-state index contributed by atoms with van der Waals surface area (Å²) >= 11 is 1.23. The minimum atomic E-state index is -1.19. The highest BCUT2D eigenvalue weighted by atomic mass is 32.2. The molecule has 62 heavy (non-hydrogen) atoms. The number of carbonyl (C=O) groups is 7. The van der Waals surface area contributed by atoms with Gasteiger partial charge in [-0.2, -0.15) is 11.8 Å². The lowest BCUT2D eigenvalue weighted by molar-refractivity contribution is -0.139. The summed E-state index contributed by atoms with van der Waals surface area (Å²) in [6, 6.07) is 13.1. The van der Waals surface area contributed by atoms with Crippen molar-refractivity contribution in [2.24, 2.45) is 5.41 Å². The lowest BCUT2D eigenvalue weighted by Gasteiger charge is -2.41. The molecule has 0 fully saturated rings. The summed E-state index contributed by atoms with van der Waals surface area (Å²) < 4.78 is 31.5. The van der Waals surface area contributed by atoms with Gasteiger partial charge in [-0.3, -0.25) is 33.6 Å². The lowest BCUT2D eigenvalue weighted by Crippen LogP contribution is -2.49. The quantitative estimate of drug-likeness (QED) is 0.0601. The third-order valence-electron chi connectivity index (χ3n) is 9.61. The van der Waals surface area contributed by atoms with Crippen LogP contribution in [0.2, 0.25) is 0 Å². The number of nitrogens with one attached hydrogen (secondary N) is 4. The minimum absolute atomic E-state index is 0.0228. The number of aliphatic carboxylic acids is 2. The van der Waals surface area contributed by atoms with Crippen molar-refractivity contribution in [3.8, 4) is 11.1 Å². The molecule has 0 saturated carbocycles. The number of carboxylic acids is 2. The number of aromatic nitrogens is 1. The molecule has 0 aliphatic rings. The van der Waals surface area contributed by atoms with Crippen LogP contribution in [0.3, 0.4) is 0 Å². The Morgan fingerprint density at radius 2 is 1.52 bits per heavy atom. The molecule has 3 rings (SSSR count). The topological polar surface area (TPSA) is 216 Å². The summed E-state index contributed by atoms with van der Waals surface area (Å²) in [6.07, 6.45) is 1.95. The number of thioether (sulfide) groups is 1. The maximum atomic E-state index is 15.1. The van der Waals surface area contributed by atoms with Crippen LogP contribution in [0.25, 0.3) is 11.1 Å². The second-order valence-corrected chi connectivity index (χ2v) is 16.9. The number of hydrogen-bond acceptors (Lipinski definition) is 8. The Morgan fingerprint density at radius 1 is 0.823 bits per heavy atom. The Labute approximate surface area is 364 Å². The summed E-state index contributed by atoms with van der Waals surface area (Å²) in [6.45, 7) is 8.41. The third kappa shape index (κ3) is 17.3. The second kappa shape index (κ2) is 25.2. The minimum Gasteiger partial charge on any atom is -0.481 e. The van der Waals surface area contributed by atoms with E-state index in [1.54, 1.807) is 6.20 Å². The first-order chi connectivity index (χ1) is 29.4. The van der Waals surface area contributed by atoms with Crippen LogP contribution in [0.4, 0.5) is 8.78 Å². The Hall–Kier alpha value is -5.78. The largest absolute Gasteiger partial charge is 0.481 e. The van der Waals surface area contributed by atoms with Gasteiger partial charge in [-0.25, -0.2) is 8.78 Å². The molecule has 338 valence electrons. The van der Waals surface area contributed by atoms with Gasteiger partial charge in [-0.1, -0.05) is 64.4 Å². The fraction of sp³-hybridized carbons (Fsp3) is 0.477. The number of carbonyl (C=O) groups excluding carboxylic acids is 5. The van der Waals surface area contributed by atoms with Gasteiger partial charge in [0, 0.05) is 74.2 Å². The van der Waals surface area contributed by atoms with Gasteiger partial charge in [-0.15, -0.1) is 0 Å². The van der Waals surface area contributed by atoms with Gasteiger partial charge in [0.2, 0.25) is 29.5 Å². The van der Waals surface area contributed by atoms with Crippen molar-refractivity contribution < 1.29 is 52.6 Å². The van der Waals surface area contributed by atoms with Crippen LogP contribution in [0.5, 0.6) is 0 Å². The van der Waals surface area contributed by atoms with Gasteiger partial charge < -0.3 is 40.9 Å². The zero-order chi connectivity index (χ0) is 45.8. The molecular weight excluding hydrogens is 827 g/mol. The zero-order valence-electron chi connectivity index (χ0n) is 35.6. The second-order valence-electron chi connectivity index (χ2n) is 15.8. The molecule has 3 aromatic rings. The Morgan fingerprint density at radius 3 is 2.18 bits per heavy atom. The van der Waals surface area contributed by atoms with Crippen molar-refractivity contribution in [2.75, 3.05) is 37.7 Å². The summed E-state index contributed by atoms with van der Waals surface area (Å²) in [4.78, 5) is 87.5. The first kappa shape index (κ1) is 50.6. The highest BCUT2D eigenvalue weighted by Gasteiger charge is 2.37. The summed E-state index contributed by atoms with van der Waals surface area (Å²) in [5.74, 6) is -5.82. The van der Waals surface area contributed by atoms with Gasteiger partial charge in [0.15, 0.2) is 0 Å². The molecule has 5 amide bonds. The molecule has 0 saturated heterocycles. The molecule has 0 unspecified atom stereocenters. The molecule has 0 spiro atoms. The number of amides is 5. The molecule has 6 N–H and O–H groups in total. The van der Waals surface area contributed by atoms with Crippen LogP contribution in [-0.4, -0.2) is 105 Å². The average molecular weight is 885 g/mol. The maximum Gasteiger partial charge on any atom is 0.303 e. The monoisotopic (exact) mass is 884 g/mol. The predicted octanol–water partition coefficient (Wildman–Crippen LogP) is 4.88. The van der Waals surface area contributed by atoms with E-state index in [1.807, 2.05) is 73.6 Å². The number of rotatable bonds is 26. The Balaban J connectivity index is 1.67. The number of carboxylic acid groups (broad SMARTS) is 2. The summed E-state index contributed by atoms with van der Waals surface area (Å²) in [5.41, 5.74) is 1.79. The smallest absolute Gasteiger partial charge is 0.303 e. The maximum absolute atomic E-state index is 15.1. The molecule has 1 heterocycles. The number of halogens is 2. The van der Waals surface area contributed by atoms with Crippen molar-refractivity contribution in [1.29, 1.82) is 0 Å². The van der Waals surface area contributed by atoms with E-state index in [0.717, 1.165) is 35.9 Å². The predicted molar refractivity (Wildman–Crippen MR) is 231 cm³/mol. The Bertz CT molecular complexity index is 2010. The van der Waals surface area contributed by atoms with E-state index in [-0.39, 0.29) is 61.7 Å². The molecule has 0 radical (unpaired) electrons. The molecule has 0 aliphatic heterocycles. The highest BCUT2D eigenvalue weighted by Crippen LogP contribution is 2.41. The van der Waals surface area contributed by atoms with Crippen LogP contribution in [0.15, 0.2) is 60.8 Å². The van der Waals surface area contributed by atoms with Gasteiger partial charge in [0.25, 0.3) is 0 Å². The first-order valence-corrected chi connectivity index (χ1v) is 21.7. The number of hydrogen-bond donors (Lipinski definition) is 6. The van der Waals surface area contributed by atoms with Gasteiger partial charge in [-0.05, 0) is 48.1 Å². The molecule has 2 atom stereocenters. The van der Waals surface area contributed by atoms with Crippen LogP contribution >= 0.6 is 11.8 Å². The van der Waals surface area contributed by atoms with Crippen molar-refractivity contribution in [3.05, 3.63) is 83.7 Å². The van der Waals surface area contributed by atoms with Crippen molar-refractivity contribution in [3.63, 3.8) is 0 Å². The SMILES string of the molecule is CCCCN(C(=O)CSCCC(=O)N[C@@H](CCC(=O)O)C(=O)NCCNC(=O)CNC(=O)CCC(=O)O)[C@@H](c1cc(-c2cc(F)ccc2F)cn1Cc1ccccc1)C(C)(C)C. The van der Waals surface area contributed by atoms with Crippen molar-refractivity contribution in [1.82, 2.24) is 30.7 Å².